The van der Waals surface area contributed by atoms with Crippen molar-refractivity contribution in [1.29, 1.82) is 0 Å². The predicted molar refractivity (Wildman–Crippen MR) is 262 cm³/mol. The molecule has 9 aromatic rings. The molecule has 0 spiro atoms. The number of hydrogen-bond donors (Lipinski definition) is 0. The highest BCUT2D eigenvalue weighted by molar-refractivity contribution is 6.00. The van der Waals surface area contributed by atoms with Crippen LogP contribution >= 0.6 is 0 Å². The molecule has 9 aromatic carbocycles. The molecule has 0 bridgehead atoms. The number of nitrogens with zero attached hydrogens (tertiary/aromatic N) is 2. The molecular formula is C58H48N2O. The van der Waals surface area contributed by atoms with E-state index in [0.29, 0.717) is 0 Å². The molecule has 0 radical (unpaired) electrons. The minimum atomic E-state index is 0.718. The average molecular weight is 789 g/mol. The van der Waals surface area contributed by atoms with Crippen molar-refractivity contribution in [2.45, 2.75) is 20.3 Å². The molecule has 0 unspecified atom stereocenters. The van der Waals surface area contributed by atoms with E-state index in [1.807, 2.05) is 12.1 Å². The quantitative estimate of drug-likeness (QED) is 0.0855. The molecule has 0 aliphatic heterocycles. The molecule has 3 nitrogen and oxygen atoms in total. The zero-order chi connectivity index (χ0) is 41.4. The number of anilines is 6. The third-order valence-corrected chi connectivity index (χ3v) is 11.0. The van der Waals surface area contributed by atoms with E-state index < -0.39 is 0 Å². The summed E-state index contributed by atoms with van der Waals surface area (Å²) in [6.45, 7) is 4.96. The van der Waals surface area contributed by atoms with Crippen LogP contribution in [0.3, 0.4) is 0 Å². The molecule has 0 amide bonds. The Morgan fingerprint density at radius 1 is 0.361 bits per heavy atom. The second-order valence-corrected chi connectivity index (χ2v) is 15.4. The lowest BCUT2D eigenvalue weighted by Gasteiger charge is -2.25. The summed E-state index contributed by atoms with van der Waals surface area (Å²) in [5.41, 5.74) is 12.6. The van der Waals surface area contributed by atoms with Crippen LogP contribution in [0.15, 0.2) is 206 Å². The van der Waals surface area contributed by atoms with Gasteiger partial charge in [-0.15, -0.1) is 0 Å². The lowest BCUT2D eigenvalue weighted by molar-refractivity contribution is 0.317. The maximum Gasteiger partial charge on any atom is 0.119 e. The topological polar surface area (TPSA) is 15.7 Å². The summed E-state index contributed by atoms with van der Waals surface area (Å²) in [5.74, 6) is 0.891. The van der Waals surface area contributed by atoms with Gasteiger partial charge in [0.25, 0.3) is 0 Å². The largest absolute Gasteiger partial charge is 0.494 e. The Bertz CT molecular complexity index is 2920. The summed E-state index contributed by atoms with van der Waals surface area (Å²) in [6.07, 6.45) is 9.77. The average Bonchev–Trinajstić information content (AvgIpc) is 3.31. The maximum atomic E-state index is 5.85. The molecule has 9 rings (SSSR count). The number of para-hydroxylation sites is 2. The summed E-state index contributed by atoms with van der Waals surface area (Å²) < 4.78 is 5.85. The first-order valence-electron chi connectivity index (χ1n) is 21.1. The minimum Gasteiger partial charge on any atom is -0.494 e. The van der Waals surface area contributed by atoms with Crippen molar-refractivity contribution in [3.8, 4) is 5.75 Å². The van der Waals surface area contributed by atoms with E-state index in [1.54, 1.807) is 0 Å². The number of hydrogen-bond acceptors (Lipinski definition) is 3. The van der Waals surface area contributed by atoms with Gasteiger partial charge in [0.2, 0.25) is 0 Å². The minimum absolute atomic E-state index is 0.718. The summed E-state index contributed by atoms with van der Waals surface area (Å²) in [4.78, 5) is 4.57. The fourth-order valence-electron chi connectivity index (χ4n) is 7.75. The smallest absolute Gasteiger partial charge is 0.119 e. The third-order valence-electron chi connectivity index (χ3n) is 11.0. The van der Waals surface area contributed by atoms with Crippen LogP contribution in [0.1, 0.15) is 41.2 Å². The summed E-state index contributed by atoms with van der Waals surface area (Å²) in [5, 5.41) is 4.92. The number of ether oxygens (including phenoxy) is 1. The highest BCUT2D eigenvalue weighted by Gasteiger charge is 2.14. The molecule has 0 aliphatic carbocycles. The van der Waals surface area contributed by atoms with Crippen molar-refractivity contribution in [2.24, 2.45) is 0 Å². The van der Waals surface area contributed by atoms with Crippen molar-refractivity contribution in [3.05, 3.63) is 234 Å². The van der Waals surface area contributed by atoms with Crippen LogP contribution in [0, 0.1) is 6.92 Å². The van der Waals surface area contributed by atoms with Gasteiger partial charge in [-0.2, -0.15) is 0 Å². The van der Waals surface area contributed by atoms with Gasteiger partial charge in [-0.3, -0.25) is 0 Å². The molecule has 61 heavy (non-hydrogen) atoms. The Morgan fingerprint density at radius 2 is 0.721 bits per heavy atom. The van der Waals surface area contributed by atoms with Crippen molar-refractivity contribution >= 4 is 80.0 Å². The molecule has 0 aromatic heterocycles. The first-order chi connectivity index (χ1) is 30.1. The molecule has 0 saturated carbocycles. The van der Waals surface area contributed by atoms with Crippen LogP contribution in [0.25, 0.3) is 45.8 Å². The maximum absolute atomic E-state index is 5.85. The third kappa shape index (κ3) is 9.17. The zero-order valence-electron chi connectivity index (χ0n) is 34.7. The van der Waals surface area contributed by atoms with E-state index in [0.717, 1.165) is 64.0 Å². The fourth-order valence-corrected chi connectivity index (χ4v) is 7.75. The standard InChI is InChI=1S/C58H48N2O/c1-3-38-61-58-36-34-57(35-37-58)60(53-12-8-5-9-13-53)56-32-24-45(25-33-56)17-19-47-21-27-49-41-50-39-46(20-26-48(50)42-51(49)40-47)18-16-44-22-30-55(31-23-44)59(52-10-6-4-7-11-52)54-28-14-43(2)15-29-54/h4-37,39-42H,3,38H2,1-2H3. The van der Waals surface area contributed by atoms with E-state index in [1.165, 1.54) is 38.2 Å². The van der Waals surface area contributed by atoms with Crippen LogP contribution < -0.4 is 14.5 Å². The Kier molecular flexibility index (Phi) is 11.5. The van der Waals surface area contributed by atoms with Crippen LogP contribution in [0.5, 0.6) is 5.75 Å². The van der Waals surface area contributed by atoms with E-state index in [-0.39, 0.29) is 0 Å². The van der Waals surface area contributed by atoms with Crippen LogP contribution in [0.4, 0.5) is 34.1 Å². The highest BCUT2D eigenvalue weighted by Crippen LogP contribution is 2.37. The number of rotatable bonds is 13. The van der Waals surface area contributed by atoms with E-state index in [9.17, 15) is 0 Å². The van der Waals surface area contributed by atoms with Gasteiger partial charge in [-0.1, -0.05) is 134 Å². The molecule has 0 N–H and O–H groups in total. The molecule has 0 fully saturated rings. The van der Waals surface area contributed by atoms with E-state index >= 15 is 0 Å². The van der Waals surface area contributed by atoms with Crippen LogP contribution in [-0.4, -0.2) is 6.61 Å². The molecule has 296 valence electrons. The second kappa shape index (κ2) is 18.1. The first kappa shape index (κ1) is 38.9. The summed E-state index contributed by atoms with van der Waals surface area (Å²) in [7, 11) is 0. The van der Waals surface area contributed by atoms with Gasteiger partial charge in [0.1, 0.15) is 5.75 Å². The summed E-state index contributed by atoms with van der Waals surface area (Å²) in [6, 6.07) is 73.6. The Morgan fingerprint density at radius 3 is 1.15 bits per heavy atom. The molecule has 0 atom stereocenters. The van der Waals surface area contributed by atoms with E-state index in [2.05, 4.69) is 242 Å². The van der Waals surface area contributed by atoms with Crippen molar-refractivity contribution < 1.29 is 4.74 Å². The molecular weight excluding hydrogens is 741 g/mol. The second-order valence-electron chi connectivity index (χ2n) is 15.4. The van der Waals surface area contributed by atoms with Crippen LogP contribution in [-0.2, 0) is 0 Å². The fraction of sp³-hybridized carbons (Fsp3) is 0.0690. The molecule has 0 heterocycles. The number of fused-ring (bicyclic) bond motifs is 2. The Hall–Kier alpha value is -7.62. The molecule has 0 aliphatic rings. The zero-order valence-corrected chi connectivity index (χ0v) is 34.7. The lowest BCUT2D eigenvalue weighted by Crippen LogP contribution is -2.09. The normalized spacial score (nSPS) is 11.4. The predicted octanol–water partition coefficient (Wildman–Crippen LogP) is 16.4. The van der Waals surface area contributed by atoms with Crippen molar-refractivity contribution in [2.75, 3.05) is 16.4 Å². The van der Waals surface area contributed by atoms with Crippen LogP contribution in [0.2, 0.25) is 0 Å². The monoisotopic (exact) mass is 788 g/mol. The van der Waals surface area contributed by atoms with Gasteiger partial charge in [0.15, 0.2) is 0 Å². The number of benzene rings is 9. The van der Waals surface area contributed by atoms with Gasteiger partial charge in [0, 0.05) is 34.1 Å². The first-order valence-corrected chi connectivity index (χ1v) is 21.1. The lowest BCUT2D eigenvalue weighted by atomic mass is 9.99. The van der Waals surface area contributed by atoms with Crippen molar-refractivity contribution in [3.63, 3.8) is 0 Å². The summed E-state index contributed by atoms with van der Waals surface area (Å²) >= 11 is 0. The van der Waals surface area contributed by atoms with Gasteiger partial charge in [0.05, 0.1) is 6.61 Å². The van der Waals surface area contributed by atoms with Gasteiger partial charge < -0.3 is 14.5 Å². The SMILES string of the molecule is CCCOc1ccc(N(c2ccccc2)c2ccc(C=Cc3ccc4cc5cc(C=Cc6ccc(N(c7ccccc7)c7ccc(C)cc7)cc6)ccc5cc4c3)cc2)cc1. The Balaban J connectivity index is 0.891. The Labute approximate surface area is 359 Å². The van der Waals surface area contributed by atoms with E-state index in [4.69, 9.17) is 4.74 Å². The molecule has 0 saturated heterocycles. The number of aryl methyl sites for hydroxylation is 1. The molecule has 3 heteroatoms. The van der Waals surface area contributed by atoms with Gasteiger partial charge >= 0.3 is 0 Å². The van der Waals surface area contributed by atoms with Gasteiger partial charge in [-0.25, -0.2) is 0 Å². The van der Waals surface area contributed by atoms with Gasteiger partial charge in [-0.05, 0) is 166 Å². The van der Waals surface area contributed by atoms with Crippen molar-refractivity contribution in [1.82, 2.24) is 0 Å². The highest BCUT2D eigenvalue weighted by atomic mass is 16.5.